The van der Waals surface area contributed by atoms with Crippen molar-refractivity contribution in [3.8, 4) is 17.0 Å². The molecule has 30 heavy (non-hydrogen) atoms. The van der Waals surface area contributed by atoms with E-state index in [0.717, 1.165) is 32.9 Å². The number of guanidine groups is 1. The lowest BCUT2D eigenvalue weighted by Crippen LogP contribution is -2.37. The molecule has 0 aliphatic rings. The van der Waals surface area contributed by atoms with Gasteiger partial charge in [-0.1, -0.05) is 23.8 Å². The number of methoxy groups -OCH3 is 1. The maximum atomic E-state index is 12.9. The molecule has 1 heterocycles. The Morgan fingerprint density at radius 2 is 1.90 bits per heavy atom. The number of hydrogen-bond donors (Lipinski definition) is 3. The zero-order valence-electron chi connectivity index (χ0n) is 17.1. The molecule has 0 aliphatic heterocycles. The molecule has 0 atom stereocenters. The number of aryl methyl sites for hydroxylation is 2. The monoisotopic (exact) mass is 424 g/mol. The summed E-state index contributed by atoms with van der Waals surface area (Å²) in [4.78, 5) is 17.9. The summed E-state index contributed by atoms with van der Waals surface area (Å²) in [6.45, 7) is 4.05. The third-order valence-corrected chi connectivity index (χ3v) is 5.26. The highest BCUT2D eigenvalue weighted by atomic mass is 32.1. The first-order valence-electron chi connectivity index (χ1n) is 9.33. The molecule has 2 aromatic carbocycles. The van der Waals surface area contributed by atoms with E-state index in [4.69, 9.17) is 10.5 Å². The van der Waals surface area contributed by atoms with E-state index in [9.17, 15) is 9.90 Å². The quantitative estimate of drug-likeness (QED) is 0.416. The third-order valence-electron chi connectivity index (χ3n) is 4.51. The van der Waals surface area contributed by atoms with Gasteiger partial charge in [0.1, 0.15) is 5.75 Å². The van der Waals surface area contributed by atoms with Crippen LogP contribution in [0.1, 0.15) is 31.9 Å². The van der Waals surface area contributed by atoms with Gasteiger partial charge in [-0.05, 0) is 60.8 Å². The van der Waals surface area contributed by atoms with Crippen molar-refractivity contribution in [2.45, 2.75) is 27.0 Å². The fourth-order valence-corrected chi connectivity index (χ4v) is 3.82. The van der Waals surface area contributed by atoms with Crippen molar-refractivity contribution in [2.24, 2.45) is 10.7 Å². The maximum absolute atomic E-state index is 12.9. The molecule has 0 aliphatic carbocycles. The Hall–Kier alpha value is -3.23. The summed E-state index contributed by atoms with van der Waals surface area (Å²) in [6, 6.07) is 13.1. The fourth-order valence-electron chi connectivity index (χ4n) is 3.11. The second kappa shape index (κ2) is 9.51. The van der Waals surface area contributed by atoms with Gasteiger partial charge in [0.2, 0.25) is 0 Å². The van der Waals surface area contributed by atoms with Crippen molar-refractivity contribution < 1.29 is 14.6 Å². The van der Waals surface area contributed by atoms with Gasteiger partial charge in [0.15, 0.2) is 5.96 Å². The number of rotatable bonds is 6. The number of hydrogen-bond acceptors (Lipinski definition) is 6. The summed E-state index contributed by atoms with van der Waals surface area (Å²) in [5, 5.41) is 12.0. The second-order valence-electron chi connectivity index (χ2n) is 6.83. The zero-order chi connectivity index (χ0) is 21.7. The molecular weight excluding hydrogens is 400 g/mol. The van der Waals surface area contributed by atoms with Crippen LogP contribution in [0.2, 0.25) is 0 Å². The Bertz CT molecular complexity index is 1070. The van der Waals surface area contributed by atoms with Crippen molar-refractivity contribution in [1.29, 1.82) is 0 Å². The molecule has 0 spiro atoms. The van der Waals surface area contributed by atoms with E-state index >= 15 is 0 Å². The maximum Gasteiger partial charge on any atom is 0.261 e. The van der Waals surface area contributed by atoms with Crippen LogP contribution in [0.25, 0.3) is 11.3 Å². The molecule has 0 saturated carbocycles. The summed E-state index contributed by atoms with van der Waals surface area (Å²) in [6.07, 6.45) is 0. The molecule has 156 valence electrons. The highest BCUT2D eigenvalue weighted by Gasteiger charge is 2.20. The number of aliphatic hydroxyl groups is 1. The summed E-state index contributed by atoms with van der Waals surface area (Å²) in [7, 11) is 1.60. The Labute approximate surface area is 179 Å². The Morgan fingerprint density at radius 1 is 1.20 bits per heavy atom. The minimum absolute atomic E-state index is 0.0262. The first-order valence-corrected chi connectivity index (χ1v) is 10.1. The highest BCUT2D eigenvalue weighted by Crippen LogP contribution is 2.29. The lowest BCUT2D eigenvalue weighted by molar-refractivity contribution is 0.0977. The number of nitrogens with two attached hydrogens (primary N) is 1. The number of benzene rings is 2. The number of aliphatic hydroxyl groups excluding tert-OH is 1. The van der Waals surface area contributed by atoms with Crippen LogP contribution in [0.3, 0.4) is 0 Å². The van der Waals surface area contributed by atoms with Gasteiger partial charge in [0.05, 0.1) is 31.5 Å². The van der Waals surface area contributed by atoms with Crippen LogP contribution in [-0.2, 0) is 13.2 Å². The number of nitrogens with zero attached hydrogens (tertiary/aromatic N) is 2. The Balaban J connectivity index is 1.76. The Morgan fingerprint density at radius 3 is 2.57 bits per heavy atom. The molecule has 0 bridgehead atoms. The third kappa shape index (κ3) is 5.03. The van der Waals surface area contributed by atoms with Gasteiger partial charge >= 0.3 is 0 Å². The predicted molar refractivity (Wildman–Crippen MR) is 119 cm³/mol. The van der Waals surface area contributed by atoms with E-state index in [1.54, 1.807) is 7.11 Å². The first kappa shape index (κ1) is 21.5. The average Bonchev–Trinajstić information content (AvgIpc) is 3.13. The SMILES string of the molecule is COc1ccc(-c2nsc(C)c2C(=O)NC(N)=NCc2cc(C)cc(CO)c2)cc1. The van der Waals surface area contributed by atoms with Crippen molar-refractivity contribution in [1.82, 2.24) is 9.69 Å². The summed E-state index contributed by atoms with van der Waals surface area (Å²) >= 11 is 1.26. The predicted octanol–water partition coefficient (Wildman–Crippen LogP) is 3.17. The number of carbonyl (C=O) groups is 1. The van der Waals surface area contributed by atoms with Gasteiger partial charge in [0.25, 0.3) is 5.91 Å². The largest absolute Gasteiger partial charge is 0.497 e. The van der Waals surface area contributed by atoms with Gasteiger partial charge in [-0.25, -0.2) is 4.99 Å². The normalized spacial score (nSPS) is 11.4. The molecule has 4 N–H and O–H groups in total. The second-order valence-corrected chi connectivity index (χ2v) is 7.81. The molecule has 0 fully saturated rings. The van der Waals surface area contributed by atoms with E-state index < -0.39 is 0 Å². The van der Waals surface area contributed by atoms with Crippen LogP contribution < -0.4 is 15.8 Å². The number of ether oxygens (including phenoxy) is 1. The highest BCUT2D eigenvalue weighted by molar-refractivity contribution is 7.06. The number of carbonyl (C=O) groups excluding carboxylic acids is 1. The number of amides is 1. The van der Waals surface area contributed by atoms with Gasteiger partial charge < -0.3 is 15.6 Å². The standard InChI is InChI=1S/C22H24N4O3S/c1-13-8-15(10-16(9-13)12-27)11-24-22(23)25-21(28)19-14(2)30-26-20(19)17-4-6-18(29-3)7-5-17/h4-10,27H,11-12H2,1-3H3,(H3,23,24,25,28). The van der Waals surface area contributed by atoms with Crippen LogP contribution in [-0.4, -0.2) is 28.5 Å². The number of aliphatic imine (C=N–C) groups is 1. The molecule has 1 amide bonds. The zero-order valence-corrected chi connectivity index (χ0v) is 17.9. The van der Waals surface area contributed by atoms with Crippen LogP contribution >= 0.6 is 11.5 Å². The van der Waals surface area contributed by atoms with Gasteiger partial charge in [-0.3, -0.25) is 10.1 Å². The van der Waals surface area contributed by atoms with Crippen molar-refractivity contribution in [3.63, 3.8) is 0 Å². The van der Waals surface area contributed by atoms with E-state index in [0.29, 0.717) is 17.8 Å². The smallest absolute Gasteiger partial charge is 0.261 e. The fraction of sp³-hybridized carbons (Fsp3) is 0.227. The summed E-state index contributed by atoms with van der Waals surface area (Å²) in [5.41, 5.74) is 10.6. The van der Waals surface area contributed by atoms with Crippen molar-refractivity contribution in [3.05, 3.63) is 69.6 Å². The van der Waals surface area contributed by atoms with E-state index in [1.165, 1.54) is 11.5 Å². The lowest BCUT2D eigenvalue weighted by atomic mass is 10.1. The van der Waals surface area contributed by atoms with Gasteiger partial charge in [-0.2, -0.15) is 4.37 Å². The summed E-state index contributed by atoms with van der Waals surface area (Å²) < 4.78 is 9.61. The average molecular weight is 425 g/mol. The van der Waals surface area contributed by atoms with Crippen molar-refractivity contribution >= 4 is 23.4 Å². The Kier molecular flexibility index (Phi) is 6.81. The molecule has 7 nitrogen and oxygen atoms in total. The van der Waals surface area contributed by atoms with Crippen molar-refractivity contribution in [2.75, 3.05) is 7.11 Å². The molecule has 0 radical (unpaired) electrons. The molecule has 3 aromatic rings. The van der Waals surface area contributed by atoms with Crippen LogP contribution in [0.4, 0.5) is 0 Å². The minimum atomic E-state index is -0.353. The summed E-state index contributed by atoms with van der Waals surface area (Å²) in [5.74, 6) is 0.403. The number of nitrogens with one attached hydrogen (secondary N) is 1. The topological polar surface area (TPSA) is 110 Å². The molecule has 3 rings (SSSR count). The van der Waals surface area contributed by atoms with Gasteiger partial charge in [-0.15, -0.1) is 0 Å². The van der Waals surface area contributed by atoms with E-state index in [2.05, 4.69) is 14.7 Å². The van der Waals surface area contributed by atoms with Crippen LogP contribution in [0.15, 0.2) is 47.5 Å². The van der Waals surface area contributed by atoms with E-state index in [1.807, 2.05) is 56.3 Å². The van der Waals surface area contributed by atoms with Crippen LogP contribution in [0, 0.1) is 13.8 Å². The molecule has 0 unspecified atom stereocenters. The molecular formula is C22H24N4O3S. The number of aromatic nitrogens is 1. The van der Waals surface area contributed by atoms with E-state index in [-0.39, 0.29) is 18.5 Å². The minimum Gasteiger partial charge on any atom is -0.497 e. The molecule has 8 heteroatoms. The lowest BCUT2D eigenvalue weighted by Gasteiger charge is -2.08. The van der Waals surface area contributed by atoms with Crippen LogP contribution in [0.5, 0.6) is 5.75 Å². The first-order chi connectivity index (χ1) is 14.4. The molecule has 1 aromatic heterocycles. The van der Waals surface area contributed by atoms with Gasteiger partial charge in [0, 0.05) is 10.4 Å². The molecule has 0 saturated heterocycles.